The Morgan fingerprint density at radius 1 is 1.04 bits per heavy atom. The molecule has 1 N–H and O–H groups in total. The first-order chi connectivity index (χ1) is 24.2. The number of aryl methyl sites for hydroxylation is 1. The predicted octanol–water partition coefficient (Wildman–Crippen LogP) is 10.6. The largest absolute Gasteiger partial charge is 0.463 e. The van der Waals surface area contributed by atoms with Crippen LogP contribution < -0.4 is 5.36 Å². The molecule has 50 heavy (non-hydrogen) atoms. The van der Waals surface area contributed by atoms with Crippen LogP contribution in [0.25, 0.3) is 11.6 Å². The van der Waals surface area contributed by atoms with Gasteiger partial charge < -0.3 is 14.6 Å². The SMILES string of the molecule is C=C(CCCC(=CCCC)Cc1ccc(F)cc1)CCC(=C)C(=O)/C(=C/CCOC)c1c(C)ccc(=N)c2c1/C=C/CC(c1ccco1)=NC2. The number of ether oxygens (including phenoxy) is 1. The second-order valence-electron chi connectivity index (χ2n) is 12.9. The number of benzene rings is 1. The van der Waals surface area contributed by atoms with Gasteiger partial charge in [-0.25, -0.2) is 4.39 Å². The third-order valence-electron chi connectivity index (χ3n) is 9.02. The Bertz CT molecular complexity index is 1830. The third-order valence-corrected chi connectivity index (χ3v) is 9.02. The standard InChI is InChI=1S/C44H51FN2O3/c1-6-7-13-34(29-35-22-24-36(45)25-23-35)14-8-12-31(2)19-20-33(4)44(48)38(16-10-27-49-5)43-32(3)21-26-40(46)39-30-47-41(17-9-15-37(39)43)42-18-11-28-50-42/h9,11,13,15-16,18,21-26,28,46H,2,4,6-8,10,12,14,17,19-20,27,29-30H2,1,3,5H3/b15-9+,34-13?,38-16+,46-40?,47-41?. The van der Waals surface area contributed by atoms with Crippen molar-refractivity contribution in [1.82, 2.24) is 0 Å². The summed E-state index contributed by atoms with van der Waals surface area (Å²) in [4.78, 5) is 19.1. The molecule has 0 bridgehead atoms. The van der Waals surface area contributed by atoms with E-state index in [0.29, 0.717) is 61.1 Å². The molecule has 1 aliphatic heterocycles. The van der Waals surface area contributed by atoms with Crippen LogP contribution in [0.2, 0.25) is 0 Å². The summed E-state index contributed by atoms with van der Waals surface area (Å²) in [6, 6.07) is 14.2. The molecule has 0 atom stereocenters. The molecule has 3 aromatic rings. The van der Waals surface area contributed by atoms with E-state index >= 15 is 0 Å². The lowest BCUT2D eigenvalue weighted by Gasteiger charge is -2.17. The van der Waals surface area contributed by atoms with Gasteiger partial charge in [-0.15, -0.1) is 0 Å². The number of hydrogen-bond acceptors (Lipinski definition) is 5. The number of furan rings is 1. The van der Waals surface area contributed by atoms with Crippen LogP contribution in [0.1, 0.15) is 98.3 Å². The smallest absolute Gasteiger partial charge is 0.188 e. The van der Waals surface area contributed by atoms with Crippen molar-refractivity contribution in [3.63, 3.8) is 0 Å². The van der Waals surface area contributed by atoms with Gasteiger partial charge >= 0.3 is 0 Å². The monoisotopic (exact) mass is 674 g/mol. The molecule has 6 heteroatoms. The first-order valence-electron chi connectivity index (χ1n) is 17.7. The molecule has 0 fully saturated rings. The van der Waals surface area contributed by atoms with E-state index in [0.717, 1.165) is 77.6 Å². The highest BCUT2D eigenvalue weighted by atomic mass is 19.1. The molecule has 0 radical (unpaired) electrons. The van der Waals surface area contributed by atoms with Crippen LogP contribution in [0, 0.1) is 18.2 Å². The lowest BCUT2D eigenvalue weighted by Crippen LogP contribution is -2.13. The average Bonchev–Trinajstić information content (AvgIpc) is 3.61. The maximum atomic E-state index is 14.3. The highest BCUT2D eigenvalue weighted by molar-refractivity contribution is 6.29. The Morgan fingerprint density at radius 2 is 1.84 bits per heavy atom. The first kappa shape index (κ1) is 38.1. The number of hydrogen-bond donors (Lipinski definition) is 1. The molecule has 0 saturated carbocycles. The van der Waals surface area contributed by atoms with Crippen molar-refractivity contribution in [2.75, 3.05) is 13.7 Å². The number of unbranched alkanes of at least 4 members (excludes halogenated alkanes) is 1. The van der Waals surface area contributed by atoms with Crippen LogP contribution in [0.4, 0.5) is 4.39 Å². The number of carbonyl (C=O) groups excluding carboxylic acids is 1. The highest BCUT2D eigenvalue weighted by Gasteiger charge is 2.22. The molecule has 262 valence electrons. The molecule has 0 spiro atoms. The number of carbonyl (C=O) groups is 1. The van der Waals surface area contributed by atoms with Crippen LogP contribution in [0.15, 0.2) is 112 Å². The fraction of sp³-hybridized carbons (Fsp3) is 0.341. The van der Waals surface area contributed by atoms with Crippen molar-refractivity contribution in [2.45, 2.75) is 84.6 Å². The number of halogens is 1. The number of rotatable bonds is 18. The predicted molar refractivity (Wildman–Crippen MR) is 204 cm³/mol. The zero-order chi connectivity index (χ0) is 35.9. The number of fused-ring (bicyclic) bond motifs is 1. The zero-order valence-corrected chi connectivity index (χ0v) is 30.0. The number of nitrogens with zero attached hydrogens (tertiary/aromatic N) is 1. The van der Waals surface area contributed by atoms with Crippen LogP contribution >= 0.6 is 0 Å². The van der Waals surface area contributed by atoms with E-state index in [1.54, 1.807) is 19.4 Å². The van der Waals surface area contributed by atoms with Crippen molar-refractivity contribution >= 4 is 23.1 Å². The number of ketones is 1. The molecule has 1 aromatic heterocycles. The first-order valence-corrected chi connectivity index (χ1v) is 17.7. The van der Waals surface area contributed by atoms with Gasteiger partial charge in [-0.2, -0.15) is 0 Å². The molecule has 4 rings (SSSR count). The van der Waals surface area contributed by atoms with E-state index in [9.17, 15) is 9.18 Å². The Balaban J connectivity index is 1.48. The molecule has 0 unspecified atom stereocenters. The second-order valence-corrected chi connectivity index (χ2v) is 12.9. The summed E-state index contributed by atoms with van der Waals surface area (Å²) in [5, 5.41) is 9.24. The van der Waals surface area contributed by atoms with Gasteiger partial charge in [0.1, 0.15) is 11.6 Å². The molecule has 0 saturated heterocycles. The summed E-state index contributed by atoms with van der Waals surface area (Å²) in [6.07, 6.45) is 18.0. The molecule has 5 nitrogen and oxygen atoms in total. The van der Waals surface area contributed by atoms with Gasteiger partial charge in [-0.3, -0.25) is 9.79 Å². The van der Waals surface area contributed by atoms with E-state index in [-0.39, 0.29) is 11.6 Å². The van der Waals surface area contributed by atoms with Crippen molar-refractivity contribution in [1.29, 1.82) is 5.41 Å². The van der Waals surface area contributed by atoms with Gasteiger partial charge in [0.2, 0.25) is 0 Å². The summed E-state index contributed by atoms with van der Waals surface area (Å²) in [5.74, 6) is 0.401. The third kappa shape index (κ3) is 10.9. The summed E-state index contributed by atoms with van der Waals surface area (Å²) < 4.78 is 24.4. The van der Waals surface area contributed by atoms with Crippen LogP contribution in [-0.4, -0.2) is 25.2 Å². The average molecular weight is 675 g/mol. The summed E-state index contributed by atoms with van der Waals surface area (Å²) in [6.45, 7) is 13.5. The van der Waals surface area contributed by atoms with Crippen molar-refractivity contribution in [3.8, 4) is 0 Å². The van der Waals surface area contributed by atoms with E-state index in [4.69, 9.17) is 19.6 Å². The fourth-order valence-electron chi connectivity index (χ4n) is 6.19. The van der Waals surface area contributed by atoms with Crippen molar-refractivity contribution < 1.29 is 18.3 Å². The Labute approximate surface area is 297 Å². The molecule has 0 amide bonds. The quantitative estimate of drug-likeness (QED) is 0.0829. The number of methoxy groups -OCH3 is 1. The maximum Gasteiger partial charge on any atom is 0.188 e. The van der Waals surface area contributed by atoms with Crippen LogP contribution in [-0.2, 0) is 22.5 Å². The normalized spacial score (nSPS) is 14.0. The van der Waals surface area contributed by atoms with E-state index < -0.39 is 0 Å². The maximum absolute atomic E-state index is 14.3. The van der Waals surface area contributed by atoms with Gasteiger partial charge in [0.05, 0.1) is 23.9 Å². The number of Topliss-reactive ketones (excluding diaryl/α,β-unsaturated/α-hetero) is 1. The topological polar surface area (TPSA) is 75.7 Å². The highest BCUT2D eigenvalue weighted by Crippen LogP contribution is 2.31. The van der Waals surface area contributed by atoms with Gasteiger partial charge in [0, 0.05) is 31.3 Å². The lowest BCUT2D eigenvalue weighted by atomic mass is 9.87. The summed E-state index contributed by atoms with van der Waals surface area (Å²) in [5.41, 5.74) is 8.82. The lowest BCUT2D eigenvalue weighted by molar-refractivity contribution is -0.110. The Kier molecular flexibility index (Phi) is 14.9. The Morgan fingerprint density at radius 3 is 2.56 bits per heavy atom. The van der Waals surface area contributed by atoms with Crippen LogP contribution in [0.5, 0.6) is 0 Å². The Hall–Kier alpha value is -4.68. The molecular formula is C44H51FN2O3. The summed E-state index contributed by atoms with van der Waals surface area (Å²) in [7, 11) is 1.65. The van der Waals surface area contributed by atoms with Gasteiger partial charge in [-0.05, 0) is 116 Å². The minimum absolute atomic E-state index is 0.101. The molecular weight excluding hydrogens is 623 g/mol. The van der Waals surface area contributed by atoms with E-state index in [2.05, 4.69) is 26.2 Å². The van der Waals surface area contributed by atoms with Gasteiger partial charge in [0.25, 0.3) is 0 Å². The van der Waals surface area contributed by atoms with Crippen LogP contribution in [0.3, 0.4) is 0 Å². The molecule has 2 heterocycles. The number of aliphatic imine (C=N–C) groups is 1. The van der Waals surface area contributed by atoms with Gasteiger partial charge in [0.15, 0.2) is 5.78 Å². The van der Waals surface area contributed by atoms with Crippen molar-refractivity contribution in [2.24, 2.45) is 4.99 Å². The van der Waals surface area contributed by atoms with Gasteiger partial charge in [-0.1, -0.05) is 80.2 Å². The number of nitrogens with one attached hydrogen (secondary N) is 1. The fourth-order valence-corrected chi connectivity index (χ4v) is 6.19. The zero-order valence-electron chi connectivity index (χ0n) is 30.0. The summed E-state index contributed by atoms with van der Waals surface area (Å²) >= 11 is 0. The second kappa shape index (κ2) is 19.5. The molecule has 0 aliphatic carbocycles. The van der Waals surface area contributed by atoms with Crippen molar-refractivity contribution in [3.05, 3.63) is 148 Å². The van der Waals surface area contributed by atoms with E-state index in [1.165, 1.54) is 17.7 Å². The molecule has 2 aromatic carbocycles. The minimum Gasteiger partial charge on any atom is -0.463 e. The van der Waals surface area contributed by atoms with E-state index in [1.807, 2.05) is 55.5 Å². The molecule has 1 aliphatic rings. The minimum atomic E-state index is -0.214. The number of allylic oxidation sites excluding steroid dienone is 6.